The maximum absolute atomic E-state index is 12.5. The Morgan fingerprint density at radius 2 is 1.85 bits per heavy atom. The topological polar surface area (TPSA) is 126 Å². The summed E-state index contributed by atoms with van der Waals surface area (Å²) in [5.41, 5.74) is 9.67. The van der Waals surface area contributed by atoms with Gasteiger partial charge in [-0.1, -0.05) is 30.3 Å². The molecule has 1 aliphatic heterocycles. The maximum Gasteiger partial charge on any atom is 0.303 e. The number of anilines is 1. The van der Waals surface area contributed by atoms with Gasteiger partial charge in [0.05, 0.1) is 10.6 Å². The zero-order chi connectivity index (χ0) is 18.7. The van der Waals surface area contributed by atoms with E-state index in [1.54, 1.807) is 24.3 Å². The fourth-order valence-electron chi connectivity index (χ4n) is 2.21. The molecule has 26 heavy (non-hydrogen) atoms. The molecule has 0 fully saturated rings. The van der Waals surface area contributed by atoms with Crippen molar-refractivity contribution in [1.29, 1.82) is 0 Å². The predicted molar refractivity (Wildman–Crippen MR) is 101 cm³/mol. The molecule has 0 aliphatic carbocycles. The summed E-state index contributed by atoms with van der Waals surface area (Å²) in [5, 5.41) is 19.6. The van der Waals surface area contributed by atoms with E-state index in [2.05, 4.69) is 15.6 Å². The number of nitro benzene ring substituents is 1. The van der Waals surface area contributed by atoms with Crippen molar-refractivity contribution < 1.29 is 9.72 Å². The molecule has 0 bridgehead atoms. The Morgan fingerprint density at radius 3 is 2.42 bits per heavy atom. The van der Waals surface area contributed by atoms with Gasteiger partial charge >= 0.3 is 5.91 Å². The van der Waals surface area contributed by atoms with Crippen LogP contribution in [0.15, 0.2) is 64.8 Å². The minimum Gasteiger partial charge on any atom is -0.374 e. The van der Waals surface area contributed by atoms with Crippen LogP contribution in [-0.4, -0.2) is 32.4 Å². The van der Waals surface area contributed by atoms with E-state index in [4.69, 9.17) is 18.0 Å². The van der Waals surface area contributed by atoms with Crippen molar-refractivity contribution in [3.63, 3.8) is 0 Å². The van der Waals surface area contributed by atoms with Crippen LogP contribution in [0, 0.1) is 10.1 Å². The highest BCUT2D eigenvalue weighted by Gasteiger charge is 2.34. The number of rotatable bonds is 4. The van der Waals surface area contributed by atoms with Crippen LogP contribution in [0.4, 0.5) is 11.4 Å². The van der Waals surface area contributed by atoms with Gasteiger partial charge in [-0.2, -0.15) is 15.2 Å². The Morgan fingerprint density at radius 1 is 1.19 bits per heavy atom. The highest BCUT2D eigenvalue weighted by molar-refractivity contribution is 7.80. The molecular weight excluding hydrogens is 356 g/mol. The summed E-state index contributed by atoms with van der Waals surface area (Å²) in [6, 6.07) is 14.6. The van der Waals surface area contributed by atoms with Crippen LogP contribution in [0.3, 0.4) is 0 Å². The van der Waals surface area contributed by atoms with Crippen molar-refractivity contribution in [1.82, 2.24) is 5.01 Å². The fourth-order valence-corrected chi connectivity index (χ4v) is 2.34. The molecule has 1 amide bonds. The van der Waals surface area contributed by atoms with E-state index < -0.39 is 10.8 Å². The molecule has 0 aromatic heterocycles. The number of hydrazone groups is 2. The average molecular weight is 368 g/mol. The summed E-state index contributed by atoms with van der Waals surface area (Å²) in [6.45, 7) is 0. The van der Waals surface area contributed by atoms with Crippen LogP contribution in [0.2, 0.25) is 0 Å². The first kappa shape index (κ1) is 17.2. The van der Waals surface area contributed by atoms with Crippen molar-refractivity contribution in [2.24, 2.45) is 15.9 Å². The number of nitrogens with zero attached hydrogens (tertiary/aromatic N) is 4. The number of carbonyl (C=O) groups excluding carboxylic acids is 1. The molecule has 2 aromatic rings. The molecule has 0 unspecified atom stereocenters. The van der Waals surface area contributed by atoms with E-state index in [1.165, 1.54) is 24.3 Å². The second-order valence-electron chi connectivity index (χ2n) is 5.15. The van der Waals surface area contributed by atoms with Gasteiger partial charge in [0.25, 0.3) is 5.69 Å². The predicted octanol–water partition coefficient (Wildman–Crippen LogP) is 1.85. The number of benzene rings is 2. The van der Waals surface area contributed by atoms with Gasteiger partial charge in [0, 0.05) is 17.7 Å². The minimum absolute atomic E-state index is 0.0300. The van der Waals surface area contributed by atoms with Crippen molar-refractivity contribution in [2.75, 3.05) is 5.43 Å². The van der Waals surface area contributed by atoms with Crippen LogP contribution < -0.4 is 11.2 Å². The monoisotopic (exact) mass is 368 g/mol. The molecule has 1 heterocycles. The molecule has 2 aromatic carbocycles. The van der Waals surface area contributed by atoms with E-state index in [0.29, 0.717) is 17.0 Å². The Balaban J connectivity index is 1.91. The zero-order valence-corrected chi connectivity index (χ0v) is 14.0. The van der Waals surface area contributed by atoms with Gasteiger partial charge in [0.1, 0.15) is 5.71 Å². The lowest BCUT2D eigenvalue weighted by atomic mass is 10.1. The zero-order valence-electron chi connectivity index (χ0n) is 13.2. The van der Waals surface area contributed by atoms with Gasteiger partial charge in [-0.15, -0.1) is 0 Å². The summed E-state index contributed by atoms with van der Waals surface area (Å²) in [4.78, 5) is 22.7. The molecule has 9 nitrogen and oxygen atoms in total. The van der Waals surface area contributed by atoms with Crippen molar-refractivity contribution >= 4 is 46.0 Å². The van der Waals surface area contributed by atoms with Crippen LogP contribution in [0.25, 0.3) is 0 Å². The summed E-state index contributed by atoms with van der Waals surface area (Å²) in [5.74, 6) is -0.564. The lowest BCUT2D eigenvalue weighted by Gasteiger charge is -2.07. The molecule has 0 saturated carbocycles. The molecular formula is C16H12N6O3S. The number of thiocarbonyl (C=S) groups is 1. The minimum atomic E-state index is -0.564. The smallest absolute Gasteiger partial charge is 0.303 e. The largest absolute Gasteiger partial charge is 0.374 e. The quantitative estimate of drug-likeness (QED) is 0.482. The number of carbonyl (C=O) groups is 1. The van der Waals surface area contributed by atoms with Gasteiger partial charge in [0.2, 0.25) is 0 Å². The molecule has 0 spiro atoms. The number of nitrogens with one attached hydrogen (secondary N) is 1. The van der Waals surface area contributed by atoms with Crippen LogP contribution in [0.1, 0.15) is 5.56 Å². The van der Waals surface area contributed by atoms with Crippen LogP contribution >= 0.6 is 12.2 Å². The summed E-state index contributed by atoms with van der Waals surface area (Å²) < 4.78 is 0. The average Bonchev–Trinajstić information content (AvgIpc) is 2.98. The lowest BCUT2D eigenvalue weighted by Crippen LogP contribution is -2.36. The second-order valence-corrected chi connectivity index (χ2v) is 5.56. The molecule has 10 heteroatoms. The number of hydrogen-bond donors (Lipinski definition) is 2. The van der Waals surface area contributed by atoms with Gasteiger partial charge in [-0.25, -0.2) is 0 Å². The van der Waals surface area contributed by atoms with Crippen LogP contribution in [-0.2, 0) is 4.79 Å². The Labute approximate surface area is 152 Å². The summed E-state index contributed by atoms with van der Waals surface area (Å²) >= 11 is 4.84. The molecule has 0 saturated heterocycles. The summed E-state index contributed by atoms with van der Waals surface area (Å²) in [7, 11) is 0. The van der Waals surface area contributed by atoms with Gasteiger partial charge in [0.15, 0.2) is 10.8 Å². The van der Waals surface area contributed by atoms with Gasteiger partial charge in [-0.3, -0.25) is 20.3 Å². The Bertz CT molecular complexity index is 940. The first-order chi connectivity index (χ1) is 12.5. The van der Waals surface area contributed by atoms with E-state index in [1.807, 2.05) is 6.07 Å². The van der Waals surface area contributed by atoms with Crippen molar-refractivity contribution in [2.45, 2.75) is 0 Å². The lowest BCUT2D eigenvalue weighted by molar-refractivity contribution is -0.384. The number of nitro groups is 1. The molecule has 0 radical (unpaired) electrons. The summed E-state index contributed by atoms with van der Waals surface area (Å²) in [6.07, 6.45) is 0. The third-order valence-electron chi connectivity index (χ3n) is 3.45. The SMILES string of the molecule is NC(=S)N1N=C(c2ccccc2)/C(=N\Nc2ccc([N+](=O)[O-])cc2)C1=O. The van der Waals surface area contributed by atoms with Gasteiger partial charge < -0.3 is 5.73 Å². The van der Waals surface area contributed by atoms with Crippen molar-refractivity contribution in [3.05, 3.63) is 70.3 Å². The molecule has 3 N–H and O–H groups in total. The molecule has 130 valence electrons. The van der Waals surface area contributed by atoms with Crippen LogP contribution in [0.5, 0.6) is 0 Å². The molecule has 0 atom stereocenters. The third-order valence-corrected chi connectivity index (χ3v) is 3.62. The highest BCUT2D eigenvalue weighted by Crippen LogP contribution is 2.17. The normalized spacial score (nSPS) is 15.1. The van der Waals surface area contributed by atoms with Crippen molar-refractivity contribution in [3.8, 4) is 0 Å². The Hall–Kier alpha value is -3.66. The van der Waals surface area contributed by atoms with E-state index in [9.17, 15) is 14.9 Å². The Kier molecular flexibility index (Phi) is 4.67. The maximum atomic E-state index is 12.5. The number of amides is 1. The highest BCUT2D eigenvalue weighted by atomic mass is 32.1. The standard InChI is InChI=1S/C16H12N6O3S/c17-16(26)21-15(23)14(13(20-21)10-4-2-1-3-5-10)19-18-11-6-8-12(9-7-11)22(24)25/h1-9,18H,(H2,17,26)/b19-14+. The van der Waals surface area contributed by atoms with E-state index >= 15 is 0 Å². The third kappa shape index (κ3) is 3.39. The number of nitrogens with two attached hydrogens (primary N) is 1. The fraction of sp³-hybridized carbons (Fsp3) is 0. The van der Waals surface area contributed by atoms with E-state index in [-0.39, 0.29) is 16.5 Å². The second kappa shape index (κ2) is 7.07. The molecule has 3 rings (SSSR count). The number of non-ortho nitro benzene ring substituents is 1. The first-order valence-electron chi connectivity index (χ1n) is 7.34. The first-order valence-corrected chi connectivity index (χ1v) is 7.74. The number of hydrogen-bond acceptors (Lipinski definition) is 7. The van der Waals surface area contributed by atoms with Gasteiger partial charge in [-0.05, 0) is 24.4 Å². The van der Waals surface area contributed by atoms with E-state index in [0.717, 1.165) is 5.01 Å². The molecule has 1 aliphatic rings.